The Morgan fingerprint density at radius 1 is 1.33 bits per heavy atom. The molecule has 0 N–H and O–H groups in total. The summed E-state index contributed by atoms with van der Waals surface area (Å²) in [5.41, 5.74) is 3.06. The van der Waals surface area contributed by atoms with Crippen molar-refractivity contribution in [3.05, 3.63) is 41.0 Å². The van der Waals surface area contributed by atoms with Crippen LogP contribution in [0, 0.1) is 0 Å². The number of hydrogen-bond donors (Lipinski definition) is 0. The summed E-state index contributed by atoms with van der Waals surface area (Å²) in [6.45, 7) is 2.03. The van der Waals surface area contributed by atoms with Gasteiger partial charge in [0.25, 0.3) is 0 Å². The summed E-state index contributed by atoms with van der Waals surface area (Å²) in [5.74, 6) is 0. The lowest BCUT2D eigenvalue weighted by molar-refractivity contribution is 0.122. The fourth-order valence-electron chi connectivity index (χ4n) is 1.64. The standard InChI is InChI=1S/C11H11O/c1-2-8-7-9-5-3-4-6-10(9)11(8)12/h3-7,11H,2H2,1H3. The Bertz CT molecular complexity index is 326. The highest BCUT2D eigenvalue weighted by Gasteiger charge is 2.22. The summed E-state index contributed by atoms with van der Waals surface area (Å²) in [6, 6.07) is 7.83. The molecule has 61 valence electrons. The average Bonchev–Trinajstić information content (AvgIpc) is 2.44. The van der Waals surface area contributed by atoms with Gasteiger partial charge in [0.2, 0.25) is 0 Å². The first-order valence-corrected chi connectivity index (χ1v) is 4.28. The molecule has 1 aromatic carbocycles. The molecule has 1 aliphatic carbocycles. The summed E-state index contributed by atoms with van der Waals surface area (Å²) in [6.07, 6.45) is 2.28. The highest BCUT2D eigenvalue weighted by molar-refractivity contribution is 5.65. The largest absolute Gasteiger partial charge is 0.223 e. The fraction of sp³-hybridized carbons (Fsp3) is 0.273. The normalized spacial score (nSPS) is 20.5. The molecule has 0 saturated heterocycles. The zero-order chi connectivity index (χ0) is 8.55. The monoisotopic (exact) mass is 159 g/mol. The lowest BCUT2D eigenvalue weighted by Gasteiger charge is -2.04. The van der Waals surface area contributed by atoms with Crippen molar-refractivity contribution in [3.8, 4) is 0 Å². The van der Waals surface area contributed by atoms with Crippen molar-refractivity contribution in [3.63, 3.8) is 0 Å². The first kappa shape index (κ1) is 7.56. The molecule has 1 atom stereocenters. The summed E-state index contributed by atoms with van der Waals surface area (Å²) >= 11 is 0. The Kier molecular flexibility index (Phi) is 1.74. The smallest absolute Gasteiger partial charge is 0.140 e. The van der Waals surface area contributed by atoms with Crippen molar-refractivity contribution in [2.45, 2.75) is 19.4 Å². The van der Waals surface area contributed by atoms with E-state index in [0.29, 0.717) is 0 Å². The van der Waals surface area contributed by atoms with Gasteiger partial charge in [-0.15, -0.1) is 0 Å². The molecule has 1 radical (unpaired) electrons. The first-order valence-electron chi connectivity index (χ1n) is 4.28. The van der Waals surface area contributed by atoms with Crippen LogP contribution in [-0.4, -0.2) is 0 Å². The van der Waals surface area contributed by atoms with Crippen LogP contribution >= 0.6 is 0 Å². The molecule has 0 saturated carbocycles. The Labute approximate surface area is 72.4 Å². The maximum Gasteiger partial charge on any atom is 0.140 e. The Hall–Kier alpha value is -1.08. The van der Waals surface area contributed by atoms with E-state index in [1.807, 2.05) is 37.3 Å². The van der Waals surface area contributed by atoms with Crippen LogP contribution in [0.1, 0.15) is 30.6 Å². The molecule has 0 aromatic heterocycles. The minimum absolute atomic E-state index is 0.605. The van der Waals surface area contributed by atoms with Crippen molar-refractivity contribution in [1.82, 2.24) is 0 Å². The molecule has 1 aromatic rings. The van der Waals surface area contributed by atoms with E-state index in [9.17, 15) is 5.11 Å². The molecular weight excluding hydrogens is 148 g/mol. The van der Waals surface area contributed by atoms with Gasteiger partial charge in [-0.1, -0.05) is 37.3 Å². The van der Waals surface area contributed by atoms with Gasteiger partial charge in [0.05, 0.1) is 0 Å². The highest BCUT2D eigenvalue weighted by atomic mass is 16.3. The van der Waals surface area contributed by atoms with Crippen molar-refractivity contribution in [1.29, 1.82) is 0 Å². The van der Waals surface area contributed by atoms with Gasteiger partial charge in [-0.05, 0) is 23.1 Å². The van der Waals surface area contributed by atoms with E-state index < -0.39 is 6.10 Å². The molecule has 1 unspecified atom stereocenters. The summed E-state index contributed by atoms with van der Waals surface area (Å²) in [7, 11) is 0. The molecule has 1 heteroatoms. The maximum absolute atomic E-state index is 11.6. The average molecular weight is 159 g/mol. The predicted molar refractivity (Wildman–Crippen MR) is 48.1 cm³/mol. The number of hydrogen-bond acceptors (Lipinski definition) is 0. The zero-order valence-electron chi connectivity index (χ0n) is 7.08. The topological polar surface area (TPSA) is 19.9 Å². The summed E-state index contributed by atoms with van der Waals surface area (Å²) in [4.78, 5) is 0. The minimum Gasteiger partial charge on any atom is -0.223 e. The van der Waals surface area contributed by atoms with Crippen LogP contribution in [0.15, 0.2) is 29.8 Å². The van der Waals surface area contributed by atoms with Crippen LogP contribution in [0.5, 0.6) is 0 Å². The molecule has 12 heavy (non-hydrogen) atoms. The molecule has 0 fully saturated rings. The van der Waals surface area contributed by atoms with Crippen LogP contribution in [0.4, 0.5) is 0 Å². The molecular formula is C11H11O. The lowest BCUT2D eigenvalue weighted by Crippen LogP contribution is -1.93. The number of fused-ring (bicyclic) bond motifs is 1. The third-order valence-corrected chi connectivity index (χ3v) is 2.36. The number of rotatable bonds is 1. The van der Waals surface area contributed by atoms with E-state index >= 15 is 0 Å². The number of benzene rings is 1. The van der Waals surface area contributed by atoms with E-state index in [4.69, 9.17) is 0 Å². The highest BCUT2D eigenvalue weighted by Crippen LogP contribution is 2.35. The quantitative estimate of drug-likeness (QED) is 0.600. The van der Waals surface area contributed by atoms with Crippen molar-refractivity contribution >= 4 is 6.08 Å². The van der Waals surface area contributed by atoms with Crippen LogP contribution in [0.25, 0.3) is 6.08 Å². The molecule has 0 heterocycles. The third kappa shape index (κ3) is 0.978. The second-order valence-electron chi connectivity index (χ2n) is 3.08. The van der Waals surface area contributed by atoms with Crippen molar-refractivity contribution in [2.75, 3.05) is 0 Å². The summed E-state index contributed by atoms with van der Waals surface area (Å²) in [5, 5.41) is 11.6. The Morgan fingerprint density at radius 3 is 2.75 bits per heavy atom. The lowest BCUT2D eigenvalue weighted by atomic mass is 10.1. The Morgan fingerprint density at radius 2 is 2.08 bits per heavy atom. The zero-order valence-corrected chi connectivity index (χ0v) is 7.08. The van der Waals surface area contributed by atoms with E-state index in [0.717, 1.165) is 23.1 Å². The van der Waals surface area contributed by atoms with E-state index in [1.54, 1.807) is 0 Å². The van der Waals surface area contributed by atoms with Gasteiger partial charge in [0.15, 0.2) is 0 Å². The van der Waals surface area contributed by atoms with Gasteiger partial charge in [0, 0.05) is 0 Å². The van der Waals surface area contributed by atoms with E-state index in [2.05, 4.69) is 0 Å². The third-order valence-electron chi connectivity index (χ3n) is 2.36. The minimum atomic E-state index is -0.605. The van der Waals surface area contributed by atoms with E-state index in [1.165, 1.54) is 0 Å². The molecule has 0 bridgehead atoms. The molecule has 2 rings (SSSR count). The van der Waals surface area contributed by atoms with Crippen LogP contribution in [0.3, 0.4) is 0 Å². The maximum atomic E-state index is 11.6. The van der Waals surface area contributed by atoms with E-state index in [-0.39, 0.29) is 0 Å². The molecule has 1 nitrogen and oxygen atoms in total. The molecule has 1 aliphatic rings. The SMILES string of the molecule is CCC1=Cc2ccccc2C1[O]. The van der Waals surface area contributed by atoms with Crippen molar-refractivity contribution in [2.24, 2.45) is 0 Å². The van der Waals surface area contributed by atoms with Gasteiger partial charge in [-0.3, -0.25) is 0 Å². The Balaban J connectivity index is 2.47. The molecule has 0 spiro atoms. The van der Waals surface area contributed by atoms with Crippen LogP contribution in [0.2, 0.25) is 0 Å². The fourth-order valence-corrected chi connectivity index (χ4v) is 1.64. The van der Waals surface area contributed by atoms with Gasteiger partial charge in [-0.25, -0.2) is 5.11 Å². The molecule has 0 aliphatic heterocycles. The van der Waals surface area contributed by atoms with Crippen LogP contribution in [-0.2, 0) is 5.11 Å². The second-order valence-corrected chi connectivity index (χ2v) is 3.08. The van der Waals surface area contributed by atoms with Gasteiger partial charge in [-0.2, -0.15) is 0 Å². The van der Waals surface area contributed by atoms with Crippen molar-refractivity contribution < 1.29 is 5.11 Å². The van der Waals surface area contributed by atoms with Crippen LogP contribution < -0.4 is 0 Å². The second kappa shape index (κ2) is 2.76. The molecule has 0 amide bonds. The first-order chi connectivity index (χ1) is 5.83. The van der Waals surface area contributed by atoms with Gasteiger partial charge < -0.3 is 0 Å². The summed E-state index contributed by atoms with van der Waals surface area (Å²) < 4.78 is 0. The predicted octanol–water partition coefficient (Wildman–Crippen LogP) is 2.97. The van der Waals surface area contributed by atoms with Gasteiger partial charge in [0.1, 0.15) is 6.10 Å². The van der Waals surface area contributed by atoms with Gasteiger partial charge >= 0.3 is 0 Å².